The zero-order valence-corrected chi connectivity index (χ0v) is 14.2. The Labute approximate surface area is 148 Å². The van der Waals surface area contributed by atoms with Gasteiger partial charge in [-0.15, -0.1) is 0 Å². The maximum atomic E-state index is 12.2. The van der Waals surface area contributed by atoms with Crippen LogP contribution in [0.1, 0.15) is 16.1 Å². The summed E-state index contributed by atoms with van der Waals surface area (Å²) in [5.74, 6) is 1.19. The maximum absolute atomic E-state index is 12.2. The molecule has 7 heteroatoms. The van der Waals surface area contributed by atoms with Gasteiger partial charge in [0.15, 0.2) is 11.5 Å². The van der Waals surface area contributed by atoms with Crippen molar-refractivity contribution in [1.82, 2.24) is 14.8 Å². The predicted molar refractivity (Wildman–Crippen MR) is 94.3 cm³/mol. The van der Waals surface area contributed by atoms with Gasteiger partial charge >= 0.3 is 0 Å². The molecule has 3 heterocycles. The Hall–Kier alpha value is -2.86. The summed E-state index contributed by atoms with van der Waals surface area (Å²) in [7, 11) is 1.72. The largest absolute Gasteiger partial charge is 0.486 e. The molecule has 0 radical (unpaired) electrons. The standard InChI is InChI=1S/C18H14ClN3O3/c1-22-14(4-5-20-22)15(23)3-2-11-8-12-9-16-17(25-7-6-24-16)10-13(12)21-18(11)19/h2-5,8-10H,6-7H2,1H3/b3-2-. The van der Waals surface area contributed by atoms with Crippen molar-refractivity contribution in [2.24, 2.45) is 7.05 Å². The summed E-state index contributed by atoms with van der Waals surface area (Å²) in [5, 5.41) is 5.17. The number of aromatic nitrogens is 3. The van der Waals surface area contributed by atoms with E-state index in [1.807, 2.05) is 18.2 Å². The molecule has 0 amide bonds. The first-order valence-electron chi connectivity index (χ1n) is 7.72. The SMILES string of the molecule is Cn1nccc1C(=O)/C=C\c1cc2cc3c(cc2nc1Cl)OCCO3. The van der Waals surface area contributed by atoms with Crippen LogP contribution in [0.4, 0.5) is 0 Å². The van der Waals surface area contributed by atoms with Gasteiger partial charge in [0.25, 0.3) is 0 Å². The van der Waals surface area contributed by atoms with Crippen LogP contribution in [-0.2, 0) is 7.05 Å². The molecule has 0 aliphatic carbocycles. The van der Waals surface area contributed by atoms with Gasteiger partial charge in [-0.3, -0.25) is 9.48 Å². The molecule has 0 bridgehead atoms. The molecule has 0 saturated carbocycles. The van der Waals surface area contributed by atoms with Gasteiger partial charge < -0.3 is 9.47 Å². The van der Waals surface area contributed by atoms with Crippen molar-refractivity contribution in [3.05, 3.63) is 52.9 Å². The maximum Gasteiger partial charge on any atom is 0.203 e. The minimum atomic E-state index is -0.154. The molecule has 1 aliphatic heterocycles. The smallest absolute Gasteiger partial charge is 0.203 e. The van der Waals surface area contributed by atoms with Crippen LogP contribution in [0, 0.1) is 0 Å². The number of ketones is 1. The third-order valence-corrected chi connectivity index (χ3v) is 4.25. The van der Waals surface area contributed by atoms with Gasteiger partial charge in [0.2, 0.25) is 5.78 Å². The van der Waals surface area contributed by atoms with Gasteiger partial charge in [0.05, 0.1) is 5.52 Å². The van der Waals surface area contributed by atoms with Crippen LogP contribution >= 0.6 is 11.6 Å². The minimum Gasteiger partial charge on any atom is -0.486 e. The summed E-state index contributed by atoms with van der Waals surface area (Å²) in [6.45, 7) is 1.04. The number of nitrogens with zero attached hydrogens (tertiary/aromatic N) is 3. The molecular formula is C18H14ClN3O3. The zero-order valence-electron chi connectivity index (χ0n) is 13.4. The number of halogens is 1. The average Bonchev–Trinajstić information content (AvgIpc) is 3.04. The summed E-state index contributed by atoms with van der Waals surface area (Å²) in [5.41, 5.74) is 1.87. The zero-order chi connectivity index (χ0) is 17.4. The fraction of sp³-hybridized carbons (Fsp3) is 0.167. The first-order chi connectivity index (χ1) is 12.1. The number of allylic oxidation sites excluding steroid dienone is 1. The van der Waals surface area contributed by atoms with Gasteiger partial charge in [-0.05, 0) is 30.4 Å². The Morgan fingerprint density at radius 2 is 2.00 bits per heavy atom. The number of hydrogen-bond donors (Lipinski definition) is 0. The second-order valence-electron chi connectivity index (χ2n) is 5.59. The van der Waals surface area contributed by atoms with Gasteiger partial charge in [-0.1, -0.05) is 11.6 Å². The molecule has 25 heavy (non-hydrogen) atoms. The average molecular weight is 356 g/mol. The summed E-state index contributed by atoms with van der Waals surface area (Å²) in [6, 6.07) is 7.21. The van der Waals surface area contributed by atoms with Crippen LogP contribution in [0.25, 0.3) is 17.0 Å². The summed E-state index contributed by atoms with van der Waals surface area (Å²) in [4.78, 5) is 16.6. The van der Waals surface area contributed by atoms with Crippen molar-refractivity contribution in [3.8, 4) is 11.5 Å². The van der Waals surface area contributed by atoms with Crippen LogP contribution in [-0.4, -0.2) is 33.8 Å². The molecule has 2 aromatic heterocycles. The molecule has 1 aromatic carbocycles. The van der Waals surface area contributed by atoms with E-state index in [1.165, 1.54) is 10.8 Å². The van der Waals surface area contributed by atoms with E-state index in [1.54, 1.807) is 25.4 Å². The molecule has 0 spiro atoms. The molecule has 1 aliphatic rings. The highest BCUT2D eigenvalue weighted by molar-refractivity contribution is 6.31. The third kappa shape index (κ3) is 2.96. The van der Waals surface area contributed by atoms with Crippen LogP contribution in [0.5, 0.6) is 11.5 Å². The van der Waals surface area contributed by atoms with Crippen molar-refractivity contribution >= 4 is 34.4 Å². The van der Waals surface area contributed by atoms with Crippen LogP contribution in [0.2, 0.25) is 5.15 Å². The number of carbonyl (C=O) groups is 1. The monoisotopic (exact) mass is 355 g/mol. The molecule has 4 rings (SSSR count). The molecule has 3 aromatic rings. The topological polar surface area (TPSA) is 66.2 Å². The fourth-order valence-electron chi connectivity index (χ4n) is 2.69. The van der Waals surface area contributed by atoms with Gasteiger partial charge in [-0.25, -0.2) is 4.98 Å². The second-order valence-corrected chi connectivity index (χ2v) is 5.95. The number of fused-ring (bicyclic) bond motifs is 2. The molecule has 0 saturated heterocycles. The number of ether oxygens (including phenoxy) is 2. The molecule has 126 valence electrons. The first-order valence-corrected chi connectivity index (χ1v) is 8.10. The van der Waals surface area contributed by atoms with Crippen molar-refractivity contribution in [2.45, 2.75) is 0 Å². The summed E-state index contributed by atoms with van der Waals surface area (Å²) in [6.07, 6.45) is 4.70. The Morgan fingerprint density at radius 3 is 2.72 bits per heavy atom. The Balaban J connectivity index is 1.70. The quantitative estimate of drug-likeness (QED) is 0.410. The molecule has 0 fully saturated rings. The highest BCUT2D eigenvalue weighted by atomic mass is 35.5. The van der Waals surface area contributed by atoms with Crippen molar-refractivity contribution in [2.75, 3.05) is 13.2 Å². The first kappa shape index (κ1) is 15.7. The van der Waals surface area contributed by atoms with Crippen molar-refractivity contribution in [1.29, 1.82) is 0 Å². The lowest BCUT2D eigenvalue weighted by atomic mass is 10.1. The lowest BCUT2D eigenvalue weighted by Gasteiger charge is -2.18. The molecular weight excluding hydrogens is 342 g/mol. The Bertz CT molecular complexity index is 1010. The molecule has 6 nitrogen and oxygen atoms in total. The summed E-state index contributed by atoms with van der Waals surface area (Å²) >= 11 is 6.26. The van der Waals surface area contributed by atoms with E-state index in [2.05, 4.69) is 10.1 Å². The second kappa shape index (κ2) is 6.22. The van der Waals surface area contributed by atoms with Crippen LogP contribution in [0.3, 0.4) is 0 Å². The highest BCUT2D eigenvalue weighted by Gasteiger charge is 2.14. The lowest BCUT2D eigenvalue weighted by Crippen LogP contribution is -2.15. The number of rotatable bonds is 3. The number of pyridine rings is 1. The lowest BCUT2D eigenvalue weighted by molar-refractivity contribution is 0.103. The number of hydrogen-bond acceptors (Lipinski definition) is 5. The molecule has 0 N–H and O–H groups in total. The number of carbonyl (C=O) groups excluding carboxylic acids is 1. The van der Waals surface area contributed by atoms with Crippen LogP contribution in [0.15, 0.2) is 36.5 Å². The van der Waals surface area contributed by atoms with E-state index in [0.717, 1.165) is 5.39 Å². The van der Waals surface area contributed by atoms with Gasteiger partial charge in [-0.2, -0.15) is 5.10 Å². The molecule has 0 unspecified atom stereocenters. The van der Waals surface area contributed by atoms with Gasteiger partial charge in [0.1, 0.15) is 24.1 Å². The van der Waals surface area contributed by atoms with E-state index in [0.29, 0.717) is 46.6 Å². The predicted octanol–water partition coefficient (Wildman–Crippen LogP) is 3.29. The van der Waals surface area contributed by atoms with E-state index in [9.17, 15) is 4.79 Å². The van der Waals surface area contributed by atoms with Gasteiger partial charge in [0, 0.05) is 30.3 Å². The Kier molecular flexibility index (Phi) is 3.89. The van der Waals surface area contributed by atoms with E-state index in [-0.39, 0.29) is 5.78 Å². The van der Waals surface area contributed by atoms with E-state index < -0.39 is 0 Å². The minimum absolute atomic E-state index is 0.154. The molecule has 0 atom stereocenters. The highest BCUT2D eigenvalue weighted by Crippen LogP contribution is 2.35. The fourth-order valence-corrected chi connectivity index (χ4v) is 2.90. The number of aryl methyl sites for hydroxylation is 1. The van der Waals surface area contributed by atoms with Crippen molar-refractivity contribution in [3.63, 3.8) is 0 Å². The third-order valence-electron chi connectivity index (χ3n) is 3.95. The van der Waals surface area contributed by atoms with E-state index in [4.69, 9.17) is 21.1 Å². The Morgan fingerprint density at radius 1 is 1.24 bits per heavy atom. The number of benzene rings is 1. The summed E-state index contributed by atoms with van der Waals surface area (Å²) < 4.78 is 12.7. The van der Waals surface area contributed by atoms with Crippen molar-refractivity contribution < 1.29 is 14.3 Å². The van der Waals surface area contributed by atoms with Crippen LogP contribution < -0.4 is 9.47 Å². The normalized spacial score (nSPS) is 13.5. The van der Waals surface area contributed by atoms with E-state index >= 15 is 0 Å².